The molecule has 1 heterocycles. The van der Waals surface area contributed by atoms with Crippen LogP contribution >= 0.6 is 0 Å². The minimum atomic E-state index is 0.189. The summed E-state index contributed by atoms with van der Waals surface area (Å²) < 4.78 is 2.48. The molecular formula is C59H49N. The van der Waals surface area contributed by atoms with Gasteiger partial charge in [-0.1, -0.05) is 158 Å². The van der Waals surface area contributed by atoms with Crippen molar-refractivity contribution < 1.29 is 0 Å². The zero-order valence-electron chi connectivity index (χ0n) is 34.1. The van der Waals surface area contributed by atoms with Gasteiger partial charge in [-0.05, 0) is 154 Å². The normalized spacial score (nSPS) is 22.8. The van der Waals surface area contributed by atoms with Gasteiger partial charge in [0.25, 0.3) is 0 Å². The van der Waals surface area contributed by atoms with Crippen LogP contribution in [-0.2, 0) is 11.8 Å². The molecule has 4 bridgehead atoms. The monoisotopic (exact) mass is 771 g/mol. The number of aromatic nitrogens is 1. The lowest BCUT2D eigenvalue weighted by Gasteiger charge is -2.61. The highest BCUT2D eigenvalue weighted by Crippen LogP contribution is 2.69. The van der Waals surface area contributed by atoms with E-state index >= 15 is 0 Å². The SMILES string of the molecule is c1ccc(-c2ccc(C(CCc3ccc4c(c3)C3(c5ccccc5-4)C4CC5CC(C4)CC3C5)c3ccc4c5ccccc5n(-c5ccccc5)c4c3)c3ccccc23)cc1. The van der Waals surface area contributed by atoms with E-state index in [1.165, 1.54) is 109 Å². The zero-order chi connectivity index (χ0) is 39.4. The van der Waals surface area contributed by atoms with Crippen molar-refractivity contribution in [2.24, 2.45) is 23.7 Å². The second-order valence-electron chi connectivity index (χ2n) is 18.8. The summed E-state index contributed by atoms with van der Waals surface area (Å²) in [6, 6.07) is 69.4. The molecule has 5 aliphatic carbocycles. The molecule has 1 heteroatoms. The number of hydrogen-bond donors (Lipinski definition) is 0. The molecule has 1 aromatic heterocycles. The van der Waals surface area contributed by atoms with E-state index in [-0.39, 0.29) is 11.3 Å². The largest absolute Gasteiger partial charge is 0.309 e. The van der Waals surface area contributed by atoms with Gasteiger partial charge >= 0.3 is 0 Å². The van der Waals surface area contributed by atoms with Gasteiger partial charge in [-0.25, -0.2) is 0 Å². The third kappa shape index (κ3) is 5.05. The Kier molecular flexibility index (Phi) is 7.75. The molecule has 4 fully saturated rings. The smallest absolute Gasteiger partial charge is 0.0544 e. The van der Waals surface area contributed by atoms with Crippen molar-refractivity contribution in [3.05, 3.63) is 210 Å². The highest BCUT2D eigenvalue weighted by Gasteiger charge is 2.61. The van der Waals surface area contributed by atoms with Crippen molar-refractivity contribution in [2.75, 3.05) is 0 Å². The Labute approximate surface area is 353 Å². The molecule has 60 heavy (non-hydrogen) atoms. The molecule has 0 saturated heterocycles. The molecule has 1 atom stereocenters. The molecule has 0 aliphatic heterocycles. The van der Waals surface area contributed by atoms with Gasteiger partial charge in [0.05, 0.1) is 11.0 Å². The number of aryl methyl sites for hydroxylation is 1. The summed E-state index contributed by atoms with van der Waals surface area (Å²) in [5.74, 6) is 3.64. The highest BCUT2D eigenvalue weighted by atomic mass is 15.0. The van der Waals surface area contributed by atoms with Crippen LogP contribution in [0.1, 0.15) is 72.3 Å². The molecule has 8 aromatic carbocycles. The fourth-order valence-corrected chi connectivity index (χ4v) is 13.7. The zero-order valence-corrected chi connectivity index (χ0v) is 34.1. The average Bonchev–Trinajstić information content (AvgIpc) is 3.78. The molecule has 0 amide bonds. The van der Waals surface area contributed by atoms with E-state index in [9.17, 15) is 0 Å². The summed E-state index contributed by atoms with van der Waals surface area (Å²) in [6.07, 6.45) is 9.21. The van der Waals surface area contributed by atoms with Crippen LogP contribution in [0.25, 0.3) is 60.5 Å². The summed E-state index contributed by atoms with van der Waals surface area (Å²) in [5.41, 5.74) is 17.1. The van der Waals surface area contributed by atoms with Crippen molar-refractivity contribution >= 4 is 32.6 Å². The average molecular weight is 772 g/mol. The van der Waals surface area contributed by atoms with Crippen LogP contribution < -0.4 is 0 Å². The van der Waals surface area contributed by atoms with Crippen LogP contribution in [0.2, 0.25) is 0 Å². The maximum atomic E-state index is 2.71. The first-order chi connectivity index (χ1) is 29.7. The lowest BCUT2D eigenvalue weighted by molar-refractivity contribution is -0.0399. The third-order valence-electron chi connectivity index (χ3n) is 15.9. The molecule has 1 unspecified atom stereocenters. The van der Waals surface area contributed by atoms with Gasteiger partial charge in [0.1, 0.15) is 0 Å². The van der Waals surface area contributed by atoms with E-state index in [0.717, 1.165) is 36.5 Å². The number of fused-ring (bicyclic) bond motifs is 7. The first-order valence-electron chi connectivity index (χ1n) is 22.6. The predicted octanol–water partition coefficient (Wildman–Crippen LogP) is 15.1. The van der Waals surface area contributed by atoms with Gasteiger partial charge in [0, 0.05) is 27.8 Å². The quantitative estimate of drug-likeness (QED) is 0.152. The molecular weight excluding hydrogens is 723 g/mol. The topological polar surface area (TPSA) is 4.93 Å². The minimum absolute atomic E-state index is 0.189. The van der Waals surface area contributed by atoms with E-state index in [4.69, 9.17) is 0 Å². The van der Waals surface area contributed by atoms with Gasteiger partial charge in [0.15, 0.2) is 0 Å². The van der Waals surface area contributed by atoms with Crippen molar-refractivity contribution in [3.63, 3.8) is 0 Å². The lowest BCUT2D eigenvalue weighted by Crippen LogP contribution is -2.55. The maximum absolute atomic E-state index is 2.71. The van der Waals surface area contributed by atoms with Crippen LogP contribution in [-0.4, -0.2) is 4.57 Å². The van der Waals surface area contributed by atoms with E-state index in [1.807, 2.05) is 0 Å². The van der Waals surface area contributed by atoms with Crippen molar-refractivity contribution in [3.8, 4) is 27.9 Å². The van der Waals surface area contributed by atoms with Gasteiger partial charge < -0.3 is 4.57 Å². The molecule has 1 spiro atoms. The maximum Gasteiger partial charge on any atom is 0.0544 e. The molecule has 0 radical (unpaired) electrons. The summed E-state index contributed by atoms with van der Waals surface area (Å²) in [5, 5.41) is 5.28. The van der Waals surface area contributed by atoms with E-state index < -0.39 is 0 Å². The van der Waals surface area contributed by atoms with Crippen molar-refractivity contribution in [1.29, 1.82) is 0 Å². The van der Waals surface area contributed by atoms with Gasteiger partial charge in [-0.3, -0.25) is 0 Å². The van der Waals surface area contributed by atoms with Crippen LogP contribution in [0.15, 0.2) is 182 Å². The Hall–Kier alpha value is -6.18. The first kappa shape index (κ1) is 34.7. The molecule has 9 aromatic rings. The van der Waals surface area contributed by atoms with Crippen molar-refractivity contribution in [1.82, 2.24) is 4.57 Å². The number of benzene rings is 8. The molecule has 5 aliphatic rings. The molecule has 0 N–H and O–H groups in total. The van der Waals surface area contributed by atoms with E-state index in [2.05, 4.69) is 187 Å². The summed E-state index contributed by atoms with van der Waals surface area (Å²) in [7, 11) is 0. The minimum Gasteiger partial charge on any atom is -0.309 e. The predicted molar refractivity (Wildman–Crippen MR) is 250 cm³/mol. The van der Waals surface area contributed by atoms with Gasteiger partial charge in [-0.15, -0.1) is 0 Å². The Bertz CT molecular complexity index is 3080. The first-order valence-corrected chi connectivity index (χ1v) is 22.6. The number of nitrogens with zero attached hydrogens (tertiary/aromatic N) is 1. The van der Waals surface area contributed by atoms with Gasteiger partial charge in [-0.2, -0.15) is 0 Å². The summed E-state index contributed by atoms with van der Waals surface area (Å²) >= 11 is 0. The second kappa shape index (κ2) is 13.4. The van der Waals surface area contributed by atoms with Crippen molar-refractivity contribution in [2.45, 2.75) is 56.3 Å². The summed E-state index contributed by atoms with van der Waals surface area (Å²) in [4.78, 5) is 0. The Balaban J connectivity index is 0.964. The Morgan fingerprint density at radius 1 is 0.467 bits per heavy atom. The Morgan fingerprint density at radius 3 is 1.90 bits per heavy atom. The fourth-order valence-electron chi connectivity index (χ4n) is 13.7. The Morgan fingerprint density at radius 2 is 1.10 bits per heavy atom. The lowest BCUT2D eigenvalue weighted by atomic mass is 9.43. The number of hydrogen-bond acceptors (Lipinski definition) is 0. The van der Waals surface area contributed by atoms with E-state index in [0.29, 0.717) is 0 Å². The highest BCUT2D eigenvalue weighted by molar-refractivity contribution is 6.09. The molecule has 290 valence electrons. The van der Waals surface area contributed by atoms with Crippen LogP contribution in [0.3, 0.4) is 0 Å². The third-order valence-corrected chi connectivity index (χ3v) is 15.9. The second-order valence-corrected chi connectivity index (χ2v) is 18.8. The van der Waals surface area contributed by atoms with Gasteiger partial charge in [0.2, 0.25) is 0 Å². The molecule has 4 saturated carbocycles. The summed E-state index contributed by atoms with van der Waals surface area (Å²) in [6.45, 7) is 0. The molecule has 14 rings (SSSR count). The fraction of sp³-hybridized carbons (Fsp3) is 0.220. The number of rotatable bonds is 7. The van der Waals surface area contributed by atoms with Crippen LogP contribution in [0.5, 0.6) is 0 Å². The number of para-hydroxylation sites is 2. The standard InChI is InChI=1S/C59H49N/c1-3-13-41(14-4-1)46-29-30-50(49-18-8-7-17-48(46)49)47(42-25-28-54-53-20-10-12-22-57(53)60(58(54)37-42)45-15-5-2-6-16-45)26-23-38-24-27-52-51-19-9-11-21-55(51)59(56(52)36-38)43-32-39-31-40(34-43)35-44(59)33-39/h1-22,24-25,27-30,36-37,39-40,43-44,47H,23,26,31-35H2. The molecule has 1 nitrogen and oxygen atoms in total. The van der Waals surface area contributed by atoms with E-state index in [1.54, 1.807) is 11.1 Å². The van der Waals surface area contributed by atoms with Crippen LogP contribution in [0, 0.1) is 23.7 Å². The van der Waals surface area contributed by atoms with Crippen LogP contribution in [0.4, 0.5) is 0 Å².